The van der Waals surface area contributed by atoms with Crippen molar-refractivity contribution in [3.8, 4) is 0 Å². The first-order valence-corrected chi connectivity index (χ1v) is 12.6. The molecule has 1 aromatic heterocycles. The second-order valence-electron chi connectivity index (χ2n) is 9.72. The van der Waals surface area contributed by atoms with E-state index in [0.717, 1.165) is 0 Å². The van der Waals surface area contributed by atoms with Gasteiger partial charge in [0.2, 0.25) is 0 Å². The molecule has 2 heterocycles. The van der Waals surface area contributed by atoms with Gasteiger partial charge >= 0.3 is 0 Å². The molecule has 1 fully saturated rings. The molecular formula is C28H26ClF2N3O3. The maximum atomic E-state index is 15.0. The average Bonchev–Trinajstić information content (AvgIpc) is 3.10. The summed E-state index contributed by atoms with van der Waals surface area (Å²) in [6.45, 7) is 1.93. The largest absolute Gasteiger partial charge is 0.372 e. The smallest absolute Gasteiger partial charge is 0.268 e. The van der Waals surface area contributed by atoms with Crippen LogP contribution >= 0.6 is 11.6 Å². The van der Waals surface area contributed by atoms with Crippen molar-refractivity contribution in [2.45, 2.75) is 44.2 Å². The minimum Gasteiger partial charge on any atom is -0.372 e. The summed E-state index contributed by atoms with van der Waals surface area (Å²) in [6.07, 6.45) is 4.21. The van der Waals surface area contributed by atoms with E-state index in [4.69, 9.17) is 11.6 Å². The lowest BCUT2D eigenvalue weighted by molar-refractivity contribution is -0.132. The summed E-state index contributed by atoms with van der Waals surface area (Å²) in [7, 11) is 0. The van der Waals surface area contributed by atoms with E-state index < -0.39 is 23.1 Å². The van der Waals surface area contributed by atoms with Crippen molar-refractivity contribution in [1.82, 2.24) is 10.3 Å². The van der Waals surface area contributed by atoms with Gasteiger partial charge in [-0.15, -0.1) is 0 Å². The number of rotatable bonds is 5. The number of amides is 2. The van der Waals surface area contributed by atoms with Crippen molar-refractivity contribution >= 4 is 29.1 Å². The molecule has 5 rings (SSSR count). The molecule has 2 aromatic carbocycles. The predicted molar refractivity (Wildman–Crippen MR) is 135 cm³/mol. The van der Waals surface area contributed by atoms with Crippen LogP contribution in [-0.2, 0) is 10.4 Å². The second-order valence-corrected chi connectivity index (χ2v) is 10.2. The number of para-hydroxylation sites is 1. The lowest BCUT2D eigenvalue weighted by Gasteiger charge is -2.32. The fraction of sp³-hybridized carbons (Fsp3) is 0.321. The van der Waals surface area contributed by atoms with Crippen molar-refractivity contribution < 1.29 is 23.5 Å². The van der Waals surface area contributed by atoms with Gasteiger partial charge in [-0.05, 0) is 56.7 Å². The van der Waals surface area contributed by atoms with Crippen LogP contribution in [0.5, 0.6) is 0 Å². The van der Waals surface area contributed by atoms with E-state index in [0.29, 0.717) is 42.0 Å². The number of pyridine rings is 1. The summed E-state index contributed by atoms with van der Waals surface area (Å²) in [4.78, 5) is 31.7. The molecule has 2 aliphatic rings. The number of fused-ring (bicyclic) bond motifs is 1. The highest BCUT2D eigenvalue weighted by Crippen LogP contribution is 2.47. The van der Waals surface area contributed by atoms with Crippen LogP contribution < -0.4 is 10.2 Å². The fourth-order valence-corrected chi connectivity index (χ4v) is 5.59. The van der Waals surface area contributed by atoms with Crippen LogP contribution in [0.3, 0.4) is 0 Å². The van der Waals surface area contributed by atoms with E-state index in [1.807, 2.05) is 0 Å². The highest BCUT2D eigenvalue weighted by atomic mass is 35.5. The molecule has 2 N–H and O–H groups in total. The number of nitrogens with zero attached hydrogens (tertiary/aromatic N) is 2. The summed E-state index contributed by atoms with van der Waals surface area (Å²) in [5, 5.41) is 14.9. The van der Waals surface area contributed by atoms with Crippen molar-refractivity contribution in [3.63, 3.8) is 0 Å². The van der Waals surface area contributed by atoms with Gasteiger partial charge in [0, 0.05) is 29.9 Å². The molecule has 192 valence electrons. The second kappa shape index (κ2) is 9.84. The van der Waals surface area contributed by atoms with Gasteiger partial charge in [0.15, 0.2) is 5.60 Å². The van der Waals surface area contributed by atoms with Crippen LogP contribution in [0.25, 0.3) is 0 Å². The Labute approximate surface area is 218 Å². The zero-order valence-electron chi connectivity index (χ0n) is 20.2. The topological polar surface area (TPSA) is 82.5 Å². The SMILES string of the molecule is Cc1ncc(Cl)cc1C(=O)NC1CCC(CN2C(=O)C(O)(c3ccccc3F)c3cccc(F)c32)CC1. The lowest BCUT2D eigenvalue weighted by atomic mass is 9.85. The van der Waals surface area contributed by atoms with Gasteiger partial charge in [-0.1, -0.05) is 41.9 Å². The number of halogens is 3. The predicted octanol–water partition coefficient (Wildman–Crippen LogP) is 4.89. The quantitative estimate of drug-likeness (QED) is 0.497. The molecular weight excluding hydrogens is 500 g/mol. The molecule has 0 bridgehead atoms. The third-order valence-corrected chi connectivity index (χ3v) is 7.59. The first-order valence-electron chi connectivity index (χ1n) is 12.2. The molecule has 1 aliphatic carbocycles. The zero-order chi connectivity index (χ0) is 26.3. The van der Waals surface area contributed by atoms with E-state index in [9.17, 15) is 23.5 Å². The molecule has 1 atom stereocenters. The van der Waals surface area contributed by atoms with E-state index in [2.05, 4.69) is 10.3 Å². The fourth-order valence-electron chi connectivity index (χ4n) is 5.43. The zero-order valence-corrected chi connectivity index (χ0v) is 20.9. The van der Waals surface area contributed by atoms with Crippen molar-refractivity contribution in [2.24, 2.45) is 5.92 Å². The Hall–Kier alpha value is -3.36. The van der Waals surface area contributed by atoms with Crippen LogP contribution in [0.1, 0.15) is 52.9 Å². The van der Waals surface area contributed by atoms with Crippen LogP contribution in [-0.4, -0.2) is 34.5 Å². The third kappa shape index (κ3) is 4.49. The van der Waals surface area contributed by atoms with Gasteiger partial charge < -0.3 is 15.3 Å². The van der Waals surface area contributed by atoms with E-state index in [1.165, 1.54) is 53.6 Å². The van der Waals surface area contributed by atoms with E-state index in [1.54, 1.807) is 13.0 Å². The molecule has 1 aliphatic heterocycles. The van der Waals surface area contributed by atoms with Gasteiger partial charge in [0.1, 0.15) is 11.6 Å². The number of aryl methyl sites for hydroxylation is 1. The summed E-state index contributed by atoms with van der Waals surface area (Å²) in [5.41, 5.74) is -1.47. The molecule has 3 aromatic rings. The Kier molecular flexibility index (Phi) is 6.72. The van der Waals surface area contributed by atoms with Crippen molar-refractivity contribution in [3.05, 3.63) is 93.8 Å². The van der Waals surface area contributed by atoms with Crippen LogP contribution in [0.2, 0.25) is 5.02 Å². The number of nitrogens with one attached hydrogen (secondary N) is 1. The Morgan fingerprint density at radius 1 is 1.11 bits per heavy atom. The molecule has 0 spiro atoms. The molecule has 37 heavy (non-hydrogen) atoms. The molecule has 1 unspecified atom stereocenters. The summed E-state index contributed by atoms with van der Waals surface area (Å²) < 4.78 is 29.7. The molecule has 2 amide bonds. The van der Waals surface area contributed by atoms with Gasteiger partial charge in [0.05, 0.1) is 22.0 Å². The first kappa shape index (κ1) is 25.3. The molecule has 0 saturated heterocycles. The van der Waals surface area contributed by atoms with Crippen LogP contribution in [0, 0.1) is 24.5 Å². The Morgan fingerprint density at radius 2 is 1.78 bits per heavy atom. The van der Waals surface area contributed by atoms with Gasteiger partial charge in [-0.3, -0.25) is 14.6 Å². The molecule has 9 heteroatoms. The van der Waals surface area contributed by atoms with Crippen molar-refractivity contribution in [1.29, 1.82) is 0 Å². The minimum absolute atomic E-state index is 0.0158. The molecule has 0 radical (unpaired) electrons. The van der Waals surface area contributed by atoms with Gasteiger partial charge in [0.25, 0.3) is 11.8 Å². The molecule has 1 saturated carbocycles. The van der Waals surface area contributed by atoms with Gasteiger partial charge in [-0.2, -0.15) is 0 Å². The number of aromatic nitrogens is 1. The Morgan fingerprint density at radius 3 is 2.51 bits per heavy atom. The Bertz CT molecular complexity index is 1380. The Balaban J connectivity index is 1.31. The van der Waals surface area contributed by atoms with E-state index in [-0.39, 0.29) is 41.2 Å². The van der Waals surface area contributed by atoms with Gasteiger partial charge in [-0.25, -0.2) is 8.78 Å². The highest BCUT2D eigenvalue weighted by Gasteiger charge is 2.53. The number of hydrogen-bond donors (Lipinski definition) is 2. The standard InChI is InChI=1S/C28H26ClF2N3O3/c1-16-20(13-18(29)14-32-16)26(35)33-19-11-9-17(10-12-19)15-34-25-22(6-4-8-24(25)31)28(37,27(34)36)21-5-2-3-7-23(21)30/h2-8,13-14,17,19,37H,9-12,15H2,1H3,(H,33,35). The molecule has 6 nitrogen and oxygen atoms in total. The monoisotopic (exact) mass is 525 g/mol. The summed E-state index contributed by atoms with van der Waals surface area (Å²) in [6, 6.07) is 11.1. The number of carbonyl (C=O) groups is 2. The van der Waals surface area contributed by atoms with E-state index >= 15 is 0 Å². The maximum Gasteiger partial charge on any atom is 0.268 e. The maximum absolute atomic E-state index is 15.0. The summed E-state index contributed by atoms with van der Waals surface area (Å²) in [5.74, 6) is -2.38. The normalized spacial score (nSPS) is 23.2. The number of hydrogen-bond acceptors (Lipinski definition) is 4. The lowest BCUT2D eigenvalue weighted by Crippen LogP contribution is -2.45. The number of aliphatic hydroxyl groups is 1. The first-order chi connectivity index (χ1) is 17.7. The van der Waals surface area contributed by atoms with Crippen molar-refractivity contribution in [2.75, 3.05) is 11.4 Å². The summed E-state index contributed by atoms with van der Waals surface area (Å²) >= 11 is 5.99. The minimum atomic E-state index is -2.31. The number of anilines is 1. The van der Waals surface area contributed by atoms with Crippen LogP contribution in [0.4, 0.5) is 14.5 Å². The van der Waals surface area contributed by atoms with Crippen LogP contribution in [0.15, 0.2) is 54.7 Å². The average molecular weight is 526 g/mol. The third-order valence-electron chi connectivity index (χ3n) is 7.39. The number of benzene rings is 2. The number of carbonyl (C=O) groups excluding carboxylic acids is 2. The highest BCUT2D eigenvalue weighted by molar-refractivity contribution is 6.30.